The van der Waals surface area contributed by atoms with Crippen molar-refractivity contribution in [1.29, 1.82) is 0 Å². The van der Waals surface area contributed by atoms with E-state index in [9.17, 15) is 0 Å². The van der Waals surface area contributed by atoms with E-state index in [-0.39, 0.29) is 0 Å². The van der Waals surface area contributed by atoms with Gasteiger partial charge < -0.3 is 0 Å². The van der Waals surface area contributed by atoms with Crippen molar-refractivity contribution in [3.05, 3.63) is 29.1 Å². The molecule has 0 unspecified atom stereocenters. The summed E-state index contributed by atoms with van der Waals surface area (Å²) in [6.07, 6.45) is 1.88. The number of thiophene rings is 1. The Morgan fingerprint density at radius 1 is 1.50 bits per heavy atom. The largest absolute Gasteiger partial charge is 0.200 e. The molecule has 0 amide bonds. The minimum absolute atomic E-state index is 1.20. The Morgan fingerprint density at radius 3 is 3.10 bits per heavy atom. The lowest BCUT2D eigenvalue weighted by molar-refractivity contribution is 1.58. The summed E-state index contributed by atoms with van der Waals surface area (Å²) in [5, 5.41) is 5.08. The van der Waals surface area contributed by atoms with Gasteiger partial charge in [0.1, 0.15) is 0 Å². The Balaban J connectivity index is 2.48. The van der Waals surface area contributed by atoms with E-state index < -0.39 is 0 Å². The Hall–Kier alpha value is -0.670. The minimum atomic E-state index is 1.20. The standard InChI is InChI=1S/C7H4NS2/c1-2-7(9-3-1)6-4-8-10-5-6/h1-2,4-5H. The van der Waals surface area contributed by atoms with Crippen LogP contribution >= 0.6 is 22.9 Å². The molecule has 2 aromatic rings. The predicted octanol–water partition coefficient (Wildman–Crippen LogP) is 2.67. The average Bonchev–Trinajstić information content (AvgIpc) is 2.59. The smallest absolute Gasteiger partial charge is 0.0493 e. The molecular weight excluding hydrogens is 162 g/mol. The molecule has 0 saturated heterocycles. The van der Waals surface area contributed by atoms with Gasteiger partial charge in [-0.05, 0) is 23.7 Å². The van der Waals surface area contributed by atoms with Gasteiger partial charge in [0.2, 0.25) is 0 Å². The summed E-state index contributed by atoms with van der Waals surface area (Å²) < 4.78 is 4.01. The first-order valence-electron chi connectivity index (χ1n) is 2.82. The second kappa shape index (κ2) is 2.52. The molecule has 49 valence electrons. The zero-order chi connectivity index (χ0) is 6.81. The van der Waals surface area contributed by atoms with Crippen LogP contribution in [-0.4, -0.2) is 4.37 Å². The van der Waals surface area contributed by atoms with Crippen molar-refractivity contribution in [3.8, 4) is 10.4 Å². The minimum Gasteiger partial charge on any atom is -0.200 e. The van der Waals surface area contributed by atoms with Crippen molar-refractivity contribution in [2.24, 2.45) is 0 Å². The molecule has 0 atom stereocenters. The number of nitrogens with zero attached hydrogens (tertiary/aromatic N) is 1. The van der Waals surface area contributed by atoms with Crippen molar-refractivity contribution in [2.75, 3.05) is 0 Å². The van der Waals surface area contributed by atoms with Crippen LogP contribution in [0.15, 0.2) is 23.7 Å². The van der Waals surface area contributed by atoms with Crippen LogP contribution in [0, 0.1) is 5.38 Å². The monoisotopic (exact) mass is 166 g/mol. The highest BCUT2D eigenvalue weighted by atomic mass is 32.1. The highest BCUT2D eigenvalue weighted by Crippen LogP contribution is 2.24. The summed E-state index contributed by atoms with van der Waals surface area (Å²) in [6, 6.07) is 3.98. The van der Waals surface area contributed by atoms with E-state index in [0.717, 1.165) is 0 Å². The lowest BCUT2D eigenvalue weighted by Crippen LogP contribution is -1.59. The molecule has 0 aliphatic carbocycles. The lowest BCUT2D eigenvalue weighted by Gasteiger charge is -1.83. The highest BCUT2D eigenvalue weighted by molar-refractivity contribution is 7.13. The maximum absolute atomic E-state index is 4.01. The number of hydrogen-bond donors (Lipinski definition) is 0. The van der Waals surface area contributed by atoms with Gasteiger partial charge in [-0.1, -0.05) is 0 Å². The lowest BCUT2D eigenvalue weighted by atomic mass is 10.3. The van der Waals surface area contributed by atoms with Crippen LogP contribution in [0.4, 0.5) is 0 Å². The maximum atomic E-state index is 4.01. The van der Waals surface area contributed by atoms with Gasteiger partial charge in [-0.2, -0.15) is 0 Å². The van der Waals surface area contributed by atoms with Crippen LogP contribution in [-0.2, 0) is 0 Å². The van der Waals surface area contributed by atoms with E-state index in [2.05, 4.69) is 15.8 Å². The molecule has 3 heteroatoms. The summed E-state index contributed by atoms with van der Waals surface area (Å²) in [7, 11) is 0. The van der Waals surface area contributed by atoms with Crippen LogP contribution in [0.1, 0.15) is 0 Å². The van der Waals surface area contributed by atoms with E-state index in [0.29, 0.717) is 0 Å². The quantitative estimate of drug-likeness (QED) is 0.634. The van der Waals surface area contributed by atoms with Gasteiger partial charge in [0.15, 0.2) is 0 Å². The predicted molar refractivity (Wildman–Crippen MR) is 44.3 cm³/mol. The highest BCUT2D eigenvalue weighted by Gasteiger charge is 1.97. The number of rotatable bonds is 1. The summed E-state index contributed by atoms with van der Waals surface area (Å²) in [6.45, 7) is 0. The molecule has 0 aliphatic heterocycles. The first-order valence-corrected chi connectivity index (χ1v) is 4.48. The van der Waals surface area contributed by atoms with Crippen molar-refractivity contribution in [1.82, 2.24) is 4.37 Å². The van der Waals surface area contributed by atoms with Gasteiger partial charge in [-0.25, -0.2) is 4.37 Å². The van der Waals surface area contributed by atoms with E-state index in [1.165, 1.54) is 22.0 Å². The summed E-state index contributed by atoms with van der Waals surface area (Å²) in [4.78, 5) is 1.24. The SMILES string of the molecule is [c]1ccc(-c2cnsc2)s1. The van der Waals surface area contributed by atoms with Crippen LogP contribution in [0.25, 0.3) is 10.4 Å². The molecule has 2 aromatic heterocycles. The van der Waals surface area contributed by atoms with Crippen LogP contribution in [0.2, 0.25) is 0 Å². The van der Waals surface area contributed by atoms with Crippen LogP contribution < -0.4 is 0 Å². The summed E-state index contributed by atoms with van der Waals surface area (Å²) in [5.41, 5.74) is 1.20. The fourth-order valence-electron chi connectivity index (χ4n) is 0.723. The van der Waals surface area contributed by atoms with Crippen LogP contribution in [0.3, 0.4) is 0 Å². The second-order valence-electron chi connectivity index (χ2n) is 1.83. The normalized spacial score (nSPS) is 10.0. The first-order chi connectivity index (χ1) is 4.97. The zero-order valence-electron chi connectivity index (χ0n) is 5.07. The molecular formula is C7H4NS2. The van der Waals surface area contributed by atoms with E-state index in [1.54, 1.807) is 11.3 Å². The van der Waals surface area contributed by atoms with E-state index >= 15 is 0 Å². The van der Waals surface area contributed by atoms with Gasteiger partial charge in [0.05, 0.1) is 0 Å². The molecule has 0 saturated carbocycles. The Bertz CT molecular complexity index is 251. The first kappa shape index (κ1) is 6.07. The van der Waals surface area contributed by atoms with Gasteiger partial charge in [0, 0.05) is 27.4 Å². The van der Waals surface area contributed by atoms with E-state index in [1.807, 2.05) is 17.6 Å². The molecule has 0 spiro atoms. The molecule has 0 bridgehead atoms. The molecule has 0 fully saturated rings. The molecule has 0 aromatic carbocycles. The van der Waals surface area contributed by atoms with Gasteiger partial charge in [0.25, 0.3) is 0 Å². The fraction of sp³-hybridized carbons (Fsp3) is 0. The van der Waals surface area contributed by atoms with Gasteiger partial charge >= 0.3 is 0 Å². The van der Waals surface area contributed by atoms with Gasteiger partial charge in [-0.15, -0.1) is 11.3 Å². The number of hydrogen-bond acceptors (Lipinski definition) is 3. The third kappa shape index (κ3) is 0.978. The molecule has 0 N–H and O–H groups in total. The fourth-order valence-corrected chi connectivity index (χ4v) is 1.96. The van der Waals surface area contributed by atoms with Crippen molar-refractivity contribution >= 4 is 22.9 Å². The Morgan fingerprint density at radius 2 is 2.50 bits per heavy atom. The molecule has 10 heavy (non-hydrogen) atoms. The topological polar surface area (TPSA) is 12.9 Å². The average molecular weight is 166 g/mol. The summed E-state index contributed by atoms with van der Waals surface area (Å²) in [5.74, 6) is 0. The number of aromatic nitrogens is 1. The second-order valence-corrected chi connectivity index (χ2v) is 3.37. The zero-order valence-corrected chi connectivity index (χ0v) is 6.71. The molecule has 1 nitrogen and oxygen atoms in total. The van der Waals surface area contributed by atoms with Crippen molar-refractivity contribution in [3.63, 3.8) is 0 Å². The van der Waals surface area contributed by atoms with Crippen molar-refractivity contribution < 1.29 is 0 Å². The molecule has 0 aliphatic rings. The Labute approximate surface area is 67.1 Å². The Kier molecular flexibility index (Phi) is 1.53. The van der Waals surface area contributed by atoms with Crippen molar-refractivity contribution in [2.45, 2.75) is 0 Å². The molecule has 2 rings (SSSR count). The molecule has 1 radical (unpaired) electrons. The third-order valence-electron chi connectivity index (χ3n) is 1.19. The molecule has 2 heterocycles. The van der Waals surface area contributed by atoms with E-state index in [4.69, 9.17) is 0 Å². The van der Waals surface area contributed by atoms with Gasteiger partial charge in [-0.3, -0.25) is 0 Å². The van der Waals surface area contributed by atoms with Crippen LogP contribution in [0.5, 0.6) is 0 Å². The summed E-state index contributed by atoms with van der Waals surface area (Å²) >= 11 is 3.10. The maximum Gasteiger partial charge on any atom is 0.0493 e. The third-order valence-corrected chi connectivity index (χ3v) is 2.62.